The van der Waals surface area contributed by atoms with E-state index in [9.17, 15) is 19.5 Å². The number of nitrogens with zero attached hydrogens (tertiary/aromatic N) is 3. The molecule has 0 bridgehead atoms. The predicted molar refractivity (Wildman–Crippen MR) is 194 cm³/mol. The largest absolute Gasteiger partial charge is 0.507 e. The normalized spacial score (nSPS) is 16.9. The summed E-state index contributed by atoms with van der Waals surface area (Å²) in [5.41, 5.74) is 5.25. The van der Waals surface area contributed by atoms with Crippen LogP contribution in [0.4, 0.5) is 5.69 Å². The van der Waals surface area contributed by atoms with Gasteiger partial charge in [0.15, 0.2) is 0 Å². The molecule has 3 amide bonds. The van der Waals surface area contributed by atoms with Crippen molar-refractivity contribution in [3.05, 3.63) is 101 Å². The van der Waals surface area contributed by atoms with Crippen molar-refractivity contribution in [3.63, 3.8) is 0 Å². The Morgan fingerprint density at radius 1 is 0.900 bits per heavy atom. The molecule has 4 aromatic rings. The number of hydrogen-bond donors (Lipinski definition) is 3. The van der Waals surface area contributed by atoms with Crippen LogP contribution in [0.5, 0.6) is 5.75 Å². The lowest BCUT2D eigenvalue weighted by atomic mass is 9.88. The first-order valence-electron chi connectivity index (χ1n) is 17.7. The van der Waals surface area contributed by atoms with E-state index < -0.39 is 12.1 Å². The molecule has 2 aliphatic rings. The van der Waals surface area contributed by atoms with Gasteiger partial charge in [0.1, 0.15) is 23.5 Å². The van der Waals surface area contributed by atoms with Crippen molar-refractivity contribution >= 4 is 23.4 Å². The second kappa shape index (κ2) is 15.9. The Kier molecular flexibility index (Phi) is 11.0. The number of benzene rings is 3. The van der Waals surface area contributed by atoms with E-state index in [2.05, 4.69) is 27.6 Å². The topological polar surface area (TPSA) is 117 Å². The highest BCUT2D eigenvalue weighted by Crippen LogP contribution is 2.31. The molecule has 50 heavy (non-hydrogen) atoms. The van der Waals surface area contributed by atoms with Crippen molar-refractivity contribution < 1.29 is 19.5 Å². The Labute approximate surface area is 294 Å². The Bertz CT molecular complexity index is 1880. The highest BCUT2D eigenvalue weighted by molar-refractivity contribution is 5.98. The van der Waals surface area contributed by atoms with Gasteiger partial charge in [0, 0.05) is 48.9 Å². The summed E-state index contributed by atoms with van der Waals surface area (Å²) in [5.74, 6) is 5.91. The van der Waals surface area contributed by atoms with Gasteiger partial charge in [0.05, 0.1) is 5.56 Å². The smallest absolute Gasteiger partial charge is 0.247 e. The number of piperidine rings is 1. The van der Waals surface area contributed by atoms with Crippen LogP contribution in [-0.4, -0.2) is 56.1 Å². The van der Waals surface area contributed by atoms with Gasteiger partial charge in [-0.2, -0.15) is 5.10 Å². The summed E-state index contributed by atoms with van der Waals surface area (Å²) < 4.78 is 1.67. The number of aromatic nitrogens is 2. The minimum atomic E-state index is -0.742. The van der Waals surface area contributed by atoms with E-state index in [-0.39, 0.29) is 29.4 Å². The van der Waals surface area contributed by atoms with Crippen molar-refractivity contribution in [3.8, 4) is 28.8 Å². The van der Waals surface area contributed by atoms with E-state index in [1.165, 1.54) is 0 Å². The number of likely N-dealkylation sites (tertiary alicyclic amines) is 1. The number of phenolic OH excluding ortho intramolecular Hbond substituents is 1. The molecular formula is C41H45N5O4. The van der Waals surface area contributed by atoms with Crippen molar-refractivity contribution in [1.29, 1.82) is 0 Å². The van der Waals surface area contributed by atoms with Crippen LogP contribution in [0.2, 0.25) is 0 Å². The van der Waals surface area contributed by atoms with Gasteiger partial charge in [0.2, 0.25) is 17.7 Å². The summed E-state index contributed by atoms with van der Waals surface area (Å²) in [6.45, 7) is 2.43. The van der Waals surface area contributed by atoms with Crippen molar-refractivity contribution in [1.82, 2.24) is 20.0 Å². The molecule has 0 radical (unpaired) electrons. The summed E-state index contributed by atoms with van der Waals surface area (Å²) >= 11 is 0. The van der Waals surface area contributed by atoms with E-state index in [0.29, 0.717) is 41.9 Å². The molecule has 2 fully saturated rings. The standard InChI is InChI=1S/C41H45N5O4/c1-28-16-23-37(47)34(25-28)38-32(27-45(2)44-38)20-17-29-18-21-33(22-19-29)42-40(49)36-15-9-10-24-46(36)41(50)35(26-30-11-5-3-6-12-30)43-39(48)31-13-7-4-8-14-31/h3,5-6,11-12,16,18-19,21-23,25,27,31,35-36,47H,4,7-10,13-15,24,26H2,1-2H3,(H,42,49)(H,43,48). The number of amides is 3. The summed E-state index contributed by atoms with van der Waals surface area (Å²) in [6.07, 6.45) is 9.29. The molecule has 2 unspecified atom stereocenters. The van der Waals surface area contributed by atoms with E-state index in [1.807, 2.05) is 74.8 Å². The zero-order valence-corrected chi connectivity index (χ0v) is 28.8. The van der Waals surface area contributed by atoms with E-state index in [4.69, 9.17) is 0 Å². The SMILES string of the molecule is Cc1ccc(O)c(-c2nn(C)cc2C#Cc2ccc(NC(=O)C3CCCCN3C(=O)C(Cc3ccccc3)NC(=O)C3CCCCC3)cc2)c1. The number of rotatable bonds is 8. The Hall–Kier alpha value is -5.36. The molecule has 1 aliphatic carbocycles. The second-order valence-corrected chi connectivity index (χ2v) is 13.5. The maximum atomic E-state index is 14.2. The first kappa shape index (κ1) is 34.5. The zero-order chi connectivity index (χ0) is 35.0. The lowest BCUT2D eigenvalue weighted by Gasteiger charge is -2.37. The molecule has 1 aliphatic heterocycles. The Morgan fingerprint density at radius 2 is 1.64 bits per heavy atom. The highest BCUT2D eigenvalue weighted by atomic mass is 16.3. The van der Waals surface area contributed by atoms with E-state index in [1.54, 1.807) is 27.8 Å². The fourth-order valence-corrected chi connectivity index (χ4v) is 6.99. The van der Waals surface area contributed by atoms with Gasteiger partial charge < -0.3 is 20.6 Å². The highest BCUT2D eigenvalue weighted by Gasteiger charge is 2.37. The maximum Gasteiger partial charge on any atom is 0.247 e. The van der Waals surface area contributed by atoms with Gasteiger partial charge in [-0.25, -0.2) is 0 Å². The van der Waals surface area contributed by atoms with E-state index in [0.717, 1.165) is 61.6 Å². The van der Waals surface area contributed by atoms with Gasteiger partial charge in [0.25, 0.3) is 0 Å². The minimum Gasteiger partial charge on any atom is -0.507 e. The number of carbonyl (C=O) groups is 3. The van der Waals surface area contributed by atoms with Gasteiger partial charge in [-0.3, -0.25) is 19.1 Å². The fraction of sp³-hybridized carbons (Fsp3) is 0.366. The monoisotopic (exact) mass is 671 g/mol. The molecule has 9 nitrogen and oxygen atoms in total. The second-order valence-electron chi connectivity index (χ2n) is 13.5. The minimum absolute atomic E-state index is 0.0618. The van der Waals surface area contributed by atoms with Crippen LogP contribution in [-0.2, 0) is 27.9 Å². The molecule has 1 saturated carbocycles. The average Bonchev–Trinajstić information content (AvgIpc) is 3.52. The van der Waals surface area contributed by atoms with Crippen LogP contribution >= 0.6 is 0 Å². The third-order valence-electron chi connectivity index (χ3n) is 9.69. The van der Waals surface area contributed by atoms with Gasteiger partial charge in [-0.15, -0.1) is 0 Å². The van der Waals surface area contributed by atoms with Crippen LogP contribution in [0, 0.1) is 24.7 Å². The number of aryl methyl sites for hydroxylation is 2. The van der Waals surface area contributed by atoms with Gasteiger partial charge in [-0.05, 0) is 81.0 Å². The fourth-order valence-electron chi connectivity index (χ4n) is 6.99. The number of carbonyl (C=O) groups excluding carboxylic acids is 3. The van der Waals surface area contributed by atoms with Crippen molar-refractivity contribution in [2.45, 2.75) is 76.8 Å². The molecule has 258 valence electrons. The third-order valence-corrected chi connectivity index (χ3v) is 9.69. The van der Waals surface area contributed by atoms with Gasteiger partial charge >= 0.3 is 0 Å². The molecule has 9 heteroatoms. The quantitative estimate of drug-likeness (QED) is 0.195. The summed E-state index contributed by atoms with van der Waals surface area (Å²) in [6, 6.07) is 21.0. The molecule has 1 aromatic heterocycles. The molecule has 3 aromatic carbocycles. The molecule has 2 heterocycles. The van der Waals surface area contributed by atoms with Crippen LogP contribution in [0.3, 0.4) is 0 Å². The third kappa shape index (κ3) is 8.43. The summed E-state index contributed by atoms with van der Waals surface area (Å²) in [4.78, 5) is 42.9. The van der Waals surface area contributed by atoms with Crippen LogP contribution in [0.1, 0.15) is 73.6 Å². The van der Waals surface area contributed by atoms with Crippen molar-refractivity contribution in [2.75, 3.05) is 11.9 Å². The molecule has 6 rings (SSSR count). The number of nitrogens with one attached hydrogen (secondary N) is 2. The van der Waals surface area contributed by atoms with E-state index >= 15 is 0 Å². The Morgan fingerprint density at radius 3 is 2.40 bits per heavy atom. The number of aromatic hydroxyl groups is 1. The Balaban J connectivity index is 1.14. The van der Waals surface area contributed by atoms with Crippen LogP contribution < -0.4 is 10.6 Å². The molecule has 0 spiro atoms. The predicted octanol–water partition coefficient (Wildman–Crippen LogP) is 6.13. The van der Waals surface area contributed by atoms with Gasteiger partial charge in [-0.1, -0.05) is 73.1 Å². The first-order valence-corrected chi connectivity index (χ1v) is 17.7. The maximum absolute atomic E-state index is 14.2. The molecule has 1 saturated heterocycles. The first-order chi connectivity index (χ1) is 24.2. The number of phenols is 1. The molecule has 3 N–H and O–H groups in total. The summed E-state index contributed by atoms with van der Waals surface area (Å²) in [5, 5.41) is 21.1. The molecular weight excluding hydrogens is 626 g/mol. The number of hydrogen-bond acceptors (Lipinski definition) is 5. The lowest BCUT2D eigenvalue weighted by Crippen LogP contribution is -2.57. The summed E-state index contributed by atoms with van der Waals surface area (Å²) in [7, 11) is 1.82. The van der Waals surface area contributed by atoms with Crippen LogP contribution in [0.15, 0.2) is 79.0 Å². The average molecular weight is 672 g/mol. The molecule has 2 atom stereocenters. The number of anilines is 1. The van der Waals surface area contributed by atoms with Crippen molar-refractivity contribution in [2.24, 2.45) is 13.0 Å². The van der Waals surface area contributed by atoms with Crippen LogP contribution in [0.25, 0.3) is 11.3 Å². The lowest BCUT2D eigenvalue weighted by molar-refractivity contribution is -0.144. The zero-order valence-electron chi connectivity index (χ0n) is 28.8.